The van der Waals surface area contributed by atoms with Gasteiger partial charge in [-0.2, -0.15) is 0 Å². The first-order valence-corrected chi connectivity index (χ1v) is 12.9. The van der Waals surface area contributed by atoms with E-state index in [9.17, 15) is 0 Å². The second-order valence-electron chi connectivity index (χ2n) is 9.93. The molecule has 0 heterocycles. The zero-order valence-electron chi connectivity index (χ0n) is 20.0. The highest BCUT2D eigenvalue weighted by Crippen LogP contribution is 2.47. The Balaban J connectivity index is 1.85. The molecule has 5 aromatic rings. The third kappa shape index (κ3) is 2.64. The van der Waals surface area contributed by atoms with Gasteiger partial charge in [-0.25, -0.2) is 0 Å². The Morgan fingerprint density at radius 1 is 0.361 bits per heavy atom. The predicted molar refractivity (Wildman–Crippen MR) is 157 cm³/mol. The van der Waals surface area contributed by atoms with E-state index in [1.807, 2.05) is 0 Å². The molecule has 5 aromatic carbocycles. The van der Waals surface area contributed by atoms with Crippen molar-refractivity contribution >= 4 is 59.9 Å². The molecule has 0 N–H and O–H groups in total. The first kappa shape index (κ1) is 19.8. The largest absolute Gasteiger partial charge is 0.0836 e. The lowest BCUT2D eigenvalue weighted by Gasteiger charge is -2.22. The summed E-state index contributed by atoms with van der Waals surface area (Å²) in [5, 5.41) is 13.2. The molecule has 0 saturated carbocycles. The Morgan fingerprint density at radius 3 is 1.31 bits per heavy atom. The molecule has 0 aliphatic heterocycles. The fourth-order valence-corrected chi connectivity index (χ4v) is 6.62. The Hall–Kier alpha value is -4.42. The number of hydrogen-bond acceptors (Lipinski definition) is 0. The molecular weight excluding hydrogens is 432 g/mol. The Morgan fingerprint density at radius 2 is 0.750 bits per heavy atom. The molecule has 0 heteroatoms. The monoisotopic (exact) mass is 456 g/mol. The second kappa shape index (κ2) is 7.54. The van der Waals surface area contributed by atoms with Gasteiger partial charge in [0.15, 0.2) is 0 Å². The standard InChI is InChI=1S/C36H24/c1-5-15-27-23(11-1)24-12-2-6-16-28(24)32-20-10-22-34-30-18-8-4-14-26(30)25-13-3-7-17-29(25)33-21-9-19-31(27)35(33)36(32)34/h1-3,5-13,15-22H,4,14H2. The van der Waals surface area contributed by atoms with E-state index >= 15 is 0 Å². The van der Waals surface area contributed by atoms with Crippen LogP contribution in [0.2, 0.25) is 0 Å². The summed E-state index contributed by atoms with van der Waals surface area (Å²) in [5.74, 6) is 0. The van der Waals surface area contributed by atoms with Gasteiger partial charge in [-0.05, 0) is 89.0 Å². The van der Waals surface area contributed by atoms with Gasteiger partial charge >= 0.3 is 0 Å². The molecule has 3 aliphatic carbocycles. The van der Waals surface area contributed by atoms with Crippen LogP contribution in [0, 0.1) is 0 Å². The van der Waals surface area contributed by atoms with Gasteiger partial charge in [-0.15, -0.1) is 0 Å². The summed E-state index contributed by atoms with van der Waals surface area (Å²) in [6.45, 7) is 0. The van der Waals surface area contributed by atoms with Gasteiger partial charge in [0, 0.05) is 0 Å². The van der Waals surface area contributed by atoms with Crippen molar-refractivity contribution < 1.29 is 0 Å². The molecule has 3 aliphatic rings. The van der Waals surface area contributed by atoms with E-state index in [-0.39, 0.29) is 0 Å². The average Bonchev–Trinajstić information content (AvgIpc) is 2.95. The van der Waals surface area contributed by atoms with Crippen molar-refractivity contribution in [1.82, 2.24) is 0 Å². The zero-order chi connectivity index (χ0) is 23.6. The van der Waals surface area contributed by atoms with Crippen LogP contribution in [0.5, 0.6) is 0 Å². The lowest BCUT2D eigenvalue weighted by molar-refractivity contribution is 1.00. The molecule has 168 valence electrons. The number of rotatable bonds is 0. The fraction of sp³-hybridized carbons (Fsp3) is 0.0556. The van der Waals surface area contributed by atoms with Gasteiger partial charge in [-0.1, -0.05) is 121 Å². The molecule has 0 bridgehead atoms. The predicted octanol–water partition coefficient (Wildman–Crippen LogP) is 10.1. The van der Waals surface area contributed by atoms with E-state index in [1.165, 1.54) is 76.1 Å². The van der Waals surface area contributed by atoms with Crippen LogP contribution < -0.4 is 0 Å². The number of fused-ring (bicyclic) bond motifs is 10. The molecule has 0 amide bonds. The van der Waals surface area contributed by atoms with Crippen LogP contribution >= 0.6 is 0 Å². The third-order valence-electron chi connectivity index (χ3n) is 8.11. The van der Waals surface area contributed by atoms with E-state index in [4.69, 9.17) is 0 Å². The van der Waals surface area contributed by atoms with Gasteiger partial charge in [0.25, 0.3) is 0 Å². The van der Waals surface area contributed by atoms with E-state index in [0.717, 1.165) is 12.8 Å². The summed E-state index contributed by atoms with van der Waals surface area (Å²) in [4.78, 5) is 0. The fourth-order valence-electron chi connectivity index (χ4n) is 6.62. The maximum absolute atomic E-state index is 2.37. The lowest BCUT2D eigenvalue weighted by Crippen LogP contribution is -1.98. The molecule has 0 unspecified atom stereocenters. The number of allylic oxidation sites excluding steroid dienone is 1. The van der Waals surface area contributed by atoms with Crippen LogP contribution in [0.3, 0.4) is 0 Å². The molecule has 0 nitrogen and oxygen atoms in total. The molecular formula is C36H24. The molecule has 0 radical (unpaired) electrons. The summed E-state index contributed by atoms with van der Waals surface area (Å²) < 4.78 is 0. The molecule has 0 saturated heterocycles. The van der Waals surface area contributed by atoms with Gasteiger partial charge in [0.1, 0.15) is 0 Å². The Labute approximate surface area is 210 Å². The number of benzene rings is 5. The zero-order valence-corrected chi connectivity index (χ0v) is 20.0. The van der Waals surface area contributed by atoms with Crippen LogP contribution in [-0.2, 0) is 6.42 Å². The van der Waals surface area contributed by atoms with Crippen molar-refractivity contribution in [1.29, 1.82) is 0 Å². The SMILES string of the molecule is C1=Cc2c(c3ccccc3c3cccc4c3-c3c2cccc3c2ccccc2c2ccccc42)CC1. The maximum atomic E-state index is 2.37. The lowest BCUT2D eigenvalue weighted by atomic mass is 9.81. The van der Waals surface area contributed by atoms with Gasteiger partial charge in [0.2, 0.25) is 0 Å². The topological polar surface area (TPSA) is 0 Å². The Bertz CT molecular complexity index is 2040. The van der Waals surface area contributed by atoms with Crippen molar-refractivity contribution in [3.8, 4) is 11.1 Å². The second-order valence-corrected chi connectivity index (χ2v) is 9.93. The maximum Gasteiger partial charge on any atom is -0.00139 e. The highest BCUT2D eigenvalue weighted by Gasteiger charge is 2.20. The smallest absolute Gasteiger partial charge is 0.00139 e. The Kier molecular flexibility index (Phi) is 4.15. The van der Waals surface area contributed by atoms with Crippen LogP contribution in [0.4, 0.5) is 0 Å². The van der Waals surface area contributed by atoms with Crippen molar-refractivity contribution in [3.05, 3.63) is 126 Å². The first-order chi connectivity index (χ1) is 17.9. The molecule has 36 heavy (non-hydrogen) atoms. The van der Waals surface area contributed by atoms with E-state index in [1.54, 1.807) is 0 Å². The van der Waals surface area contributed by atoms with Crippen molar-refractivity contribution in [2.45, 2.75) is 12.8 Å². The summed E-state index contributed by atoms with van der Waals surface area (Å²) in [5.41, 5.74) is 5.55. The van der Waals surface area contributed by atoms with Crippen molar-refractivity contribution in [2.75, 3.05) is 0 Å². The minimum Gasteiger partial charge on any atom is -0.0836 e. The van der Waals surface area contributed by atoms with E-state index in [0.29, 0.717) is 0 Å². The third-order valence-corrected chi connectivity index (χ3v) is 8.11. The molecule has 8 rings (SSSR count). The summed E-state index contributed by atoms with van der Waals surface area (Å²) in [6, 6.07) is 40.7. The summed E-state index contributed by atoms with van der Waals surface area (Å²) >= 11 is 0. The molecule has 0 spiro atoms. The summed E-state index contributed by atoms with van der Waals surface area (Å²) in [6.07, 6.45) is 6.88. The van der Waals surface area contributed by atoms with Crippen LogP contribution in [0.1, 0.15) is 17.5 Å². The number of aryl methyl sites for hydroxylation is 1. The quantitative estimate of drug-likeness (QED) is 0.213. The number of hydrogen-bond donors (Lipinski definition) is 0. The van der Waals surface area contributed by atoms with E-state index in [2.05, 4.69) is 121 Å². The highest BCUT2D eigenvalue weighted by molar-refractivity contribution is 6.28. The molecule has 0 atom stereocenters. The van der Waals surface area contributed by atoms with Crippen LogP contribution in [0.15, 0.2) is 115 Å². The molecule has 0 fully saturated rings. The van der Waals surface area contributed by atoms with Crippen LogP contribution in [-0.4, -0.2) is 0 Å². The van der Waals surface area contributed by atoms with Crippen LogP contribution in [0.25, 0.3) is 71.1 Å². The van der Waals surface area contributed by atoms with Gasteiger partial charge < -0.3 is 0 Å². The average molecular weight is 457 g/mol. The van der Waals surface area contributed by atoms with Crippen molar-refractivity contribution in [2.24, 2.45) is 0 Å². The summed E-state index contributed by atoms with van der Waals surface area (Å²) in [7, 11) is 0. The minimum absolute atomic E-state index is 1.07. The molecule has 0 aromatic heterocycles. The highest BCUT2D eigenvalue weighted by atomic mass is 14.2. The van der Waals surface area contributed by atoms with Crippen molar-refractivity contribution in [3.63, 3.8) is 0 Å². The van der Waals surface area contributed by atoms with Gasteiger partial charge in [0.05, 0.1) is 0 Å². The van der Waals surface area contributed by atoms with Gasteiger partial charge in [-0.3, -0.25) is 0 Å². The first-order valence-electron chi connectivity index (χ1n) is 12.9. The minimum atomic E-state index is 1.07. The van der Waals surface area contributed by atoms with E-state index < -0.39 is 0 Å². The normalized spacial score (nSPS) is 13.2.